The molecule has 0 atom stereocenters. The molecule has 1 aliphatic heterocycles. The van der Waals surface area contributed by atoms with Crippen LogP contribution in [0, 0.1) is 0 Å². The highest BCUT2D eigenvalue weighted by Crippen LogP contribution is 2.30. The average Bonchev–Trinajstić information content (AvgIpc) is 2.62. The molecular formula is C11H12ClN5S. The van der Waals surface area contributed by atoms with Crippen LogP contribution in [0.1, 0.15) is 25.1 Å². The molecule has 5 nitrogen and oxygen atoms in total. The SMILES string of the molecule is Clc1nccnc1Sc1nnc2n1CCCCC2. The first-order valence-corrected chi connectivity index (χ1v) is 7.10. The molecule has 0 aromatic carbocycles. The minimum Gasteiger partial charge on any atom is -0.306 e. The molecule has 0 amide bonds. The van der Waals surface area contributed by atoms with Gasteiger partial charge in [-0.3, -0.25) is 0 Å². The third-order valence-electron chi connectivity index (χ3n) is 2.89. The summed E-state index contributed by atoms with van der Waals surface area (Å²) in [5.41, 5.74) is 0. The topological polar surface area (TPSA) is 56.5 Å². The van der Waals surface area contributed by atoms with Crippen LogP contribution in [0.5, 0.6) is 0 Å². The summed E-state index contributed by atoms with van der Waals surface area (Å²) in [5.74, 6) is 1.06. The van der Waals surface area contributed by atoms with Crippen LogP contribution in [0.15, 0.2) is 22.6 Å². The van der Waals surface area contributed by atoms with Gasteiger partial charge in [0.05, 0.1) is 0 Å². The molecule has 0 unspecified atom stereocenters. The number of rotatable bonds is 2. The van der Waals surface area contributed by atoms with Gasteiger partial charge in [0.15, 0.2) is 10.3 Å². The average molecular weight is 282 g/mol. The second-order valence-corrected chi connectivity index (χ2v) is 5.43. The number of aromatic nitrogens is 5. The monoisotopic (exact) mass is 281 g/mol. The third-order valence-corrected chi connectivity index (χ3v) is 4.25. The molecule has 18 heavy (non-hydrogen) atoms. The van der Waals surface area contributed by atoms with Crippen molar-refractivity contribution < 1.29 is 0 Å². The van der Waals surface area contributed by atoms with Gasteiger partial charge < -0.3 is 4.57 Å². The second-order valence-electron chi connectivity index (χ2n) is 4.12. The van der Waals surface area contributed by atoms with E-state index in [2.05, 4.69) is 24.7 Å². The molecular weight excluding hydrogens is 270 g/mol. The van der Waals surface area contributed by atoms with Gasteiger partial charge in [-0.25, -0.2) is 9.97 Å². The highest BCUT2D eigenvalue weighted by Gasteiger charge is 2.17. The fourth-order valence-electron chi connectivity index (χ4n) is 2.00. The van der Waals surface area contributed by atoms with Crippen molar-refractivity contribution in [3.05, 3.63) is 23.4 Å². The first kappa shape index (κ1) is 11.9. The molecule has 3 rings (SSSR count). The minimum absolute atomic E-state index is 0.411. The van der Waals surface area contributed by atoms with E-state index >= 15 is 0 Å². The van der Waals surface area contributed by atoms with E-state index in [0.717, 1.165) is 23.9 Å². The van der Waals surface area contributed by atoms with Gasteiger partial charge in [-0.2, -0.15) is 0 Å². The molecule has 0 bridgehead atoms. The van der Waals surface area contributed by atoms with Crippen LogP contribution in [0.4, 0.5) is 0 Å². The van der Waals surface area contributed by atoms with E-state index < -0.39 is 0 Å². The number of hydrogen-bond acceptors (Lipinski definition) is 5. The van der Waals surface area contributed by atoms with Crippen LogP contribution in [-0.2, 0) is 13.0 Å². The van der Waals surface area contributed by atoms with Crippen molar-refractivity contribution in [2.75, 3.05) is 0 Å². The summed E-state index contributed by atoms with van der Waals surface area (Å²) in [6.07, 6.45) is 7.83. The van der Waals surface area contributed by atoms with Crippen molar-refractivity contribution in [3.8, 4) is 0 Å². The summed E-state index contributed by atoms with van der Waals surface area (Å²) in [7, 11) is 0. The predicted molar refractivity (Wildman–Crippen MR) is 68.7 cm³/mol. The number of nitrogens with zero attached hydrogens (tertiary/aromatic N) is 5. The maximum absolute atomic E-state index is 6.00. The van der Waals surface area contributed by atoms with E-state index in [-0.39, 0.29) is 0 Å². The van der Waals surface area contributed by atoms with Crippen LogP contribution in [-0.4, -0.2) is 24.7 Å². The van der Waals surface area contributed by atoms with E-state index in [4.69, 9.17) is 11.6 Å². The fraction of sp³-hybridized carbons (Fsp3) is 0.455. The van der Waals surface area contributed by atoms with E-state index in [1.165, 1.54) is 31.0 Å². The molecule has 0 saturated heterocycles. The standard InChI is InChI=1S/C11H12ClN5S/c12-9-10(14-6-5-13-9)18-11-16-15-8-4-2-1-3-7-17(8)11/h5-6H,1-4,7H2. The quantitative estimate of drug-likeness (QED) is 0.847. The molecule has 7 heteroatoms. The van der Waals surface area contributed by atoms with Crippen molar-refractivity contribution in [3.63, 3.8) is 0 Å². The van der Waals surface area contributed by atoms with E-state index in [9.17, 15) is 0 Å². The fourth-order valence-corrected chi connectivity index (χ4v) is 3.03. The Hall–Kier alpha value is -1.14. The Kier molecular flexibility index (Phi) is 3.47. The van der Waals surface area contributed by atoms with Gasteiger partial charge in [0.25, 0.3) is 0 Å². The van der Waals surface area contributed by atoms with Crippen molar-refractivity contribution in [1.82, 2.24) is 24.7 Å². The minimum atomic E-state index is 0.411. The molecule has 0 spiro atoms. The molecule has 0 aliphatic carbocycles. The first-order valence-electron chi connectivity index (χ1n) is 5.91. The van der Waals surface area contributed by atoms with Gasteiger partial charge in [0.2, 0.25) is 0 Å². The number of aryl methyl sites for hydroxylation is 1. The van der Waals surface area contributed by atoms with Gasteiger partial charge >= 0.3 is 0 Å². The lowest BCUT2D eigenvalue weighted by molar-refractivity contribution is 0.590. The number of hydrogen-bond donors (Lipinski definition) is 0. The zero-order valence-corrected chi connectivity index (χ0v) is 11.3. The van der Waals surface area contributed by atoms with Crippen molar-refractivity contribution in [2.24, 2.45) is 0 Å². The summed E-state index contributed by atoms with van der Waals surface area (Å²) in [4.78, 5) is 8.23. The van der Waals surface area contributed by atoms with E-state index in [1.54, 1.807) is 12.4 Å². The molecule has 2 aromatic rings. The summed E-state index contributed by atoms with van der Waals surface area (Å²) in [5, 5.41) is 10.4. The molecule has 3 heterocycles. The Balaban J connectivity index is 1.89. The van der Waals surface area contributed by atoms with E-state index in [0.29, 0.717) is 10.2 Å². The normalized spacial score (nSPS) is 15.2. The van der Waals surface area contributed by atoms with E-state index in [1.807, 2.05) is 0 Å². The Labute approximate surface area is 114 Å². The van der Waals surface area contributed by atoms with Gasteiger partial charge in [-0.15, -0.1) is 10.2 Å². The number of fused-ring (bicyclic) bond motifs is 1. The zero-order chi connectivity index (χ0) is 12.4. The van der Waals surface area contributed by atoms with Gasteiger partial charge in [-0.1, -0.05) is 18.0 Å². The molecule has 2 aromatic heterocycles. The molecule has 1 aliphatic rings. The maximum Gasteiger partial charge on any atom is 0.197 e. The van der Waals surface area contributed by atoms with Crippen LogP contribution >= 0.6 is 23.4 Å². The summed E-state index contributed by atoms with van der Waals surface area (Å²) in [6, 6.07) is 0. The van der Waals surface area contributed by atoms with Gasteiger partial charge in [0.1, 0.15) is 10.9 Å². The molecule has 0 saturated carbocycles. The second kappa shape index (κ2) is 5.24. The van der Waals surface area contributed by atoms with Gasteiger partial charge in [0, 0.05) is 25.4 Å². The van der Waals surface area contributed by atoms with Crippen molar-refractivity contribution in [2.45, 2.75) is 42.4 Å². The third kappa shape index (κ3) is 2.35. The molecule has 0 fully saturated rings. The van der Waals surface area contributed by atoms with Crippen LogP contribution in [0.25, 0.3) is 0 Å². The number of halogens is 1. The highest BCUT2D eigenvalue weighted by molar-refractivity contribution is 7.99. The summed E-state index contributed by atoms with van der Waals surface area (Å²) in [6.45, 7) is 0.975. The van der Waals surface area contributed by atoms with Crippen LogP contribution < -0.4 is 0 Å². The molecule has 94 valence electrons. The predicted octanol–water partition coefficient (Wildman–Crippen LogP) is 2.60. The van der Waals surface area contributed by atoms with Gasteiger partial charge in [-0.05, 0) is 24.6 Å². The zero-order valence-electron chi connectivity index (χ0n) is 9.71. The molecule has 0 N–H and O–H groups in total. The Bertz CT molecular complexity index is 556. The Morgan fingerprint density at radius 2 is 2.00 bits per heavy atom. The summed E-state index contributed by atoms with van der Waals surface area (Å²) >= 11 is 7.43. The Morgan fingerprint density at radius 1 is 1.11 bits per heavy atom. The lowest BCUT2D eigenvalue weighted by atomic mass is 10.2. The van der Waals surface area contributed by atoms with Crippen molar-refractivity contribution >= 4 is 23.4 Å². The lowest BCUT2D eigenvalue weighted by Gasteiger charge is -2.05. The summed E-state index contributed by atoms with van der Waals surface area (Å²) < 4.78 is 2.17. The maximum atomic E-state index is 6.00. The van der Waals surface area contributed by atoms with Crippen LogP contribution in [0.3, 0.4) is 0 Å². The highest BCUT2D eigenvalue weighted by atomic mass is 35.5. The lowest BCUT2D eigenvalue weighted by Crippen LogP contribution is -2.02. The first-order chi connectivity index (χ1) is 8.84. The molecule has 0 radical (unpaired) electrons. The van der Waals surface area contributed by atoms with Crippen LogP contribution in [0.2, 0.25) is 5.15 Å². The largest absolute Gasteiger partial charge is 0.306 e. The smallest absolute Gasteiger partial charge is 0.197 e. The Morgan fingerprint density at radius 3 is 2.89 bits per heavy atom. The van der Waals surface area contributed by atoms with Crippen molar-refractivity contribution in [1.29, 1.82) is 0 Å².